The number of para-hydroxylation sites is 1. The van der Waals surface area contributed by atoms with Crippen LogP contribution in [-0.2, 0) is 6.54 Å². The molecule has 0 saturated carbocycles. The number of rotatable bonds is 10. The third-order valence-electron chi connectivity index (χ3n) is 4.35. The molecular formula is C24H29IN4O3. The second-order valence-corrected chi connectivity index (χ2v) is 6.77. The highest BCUT2D eigenvalue weighted by atomic mass is 127. The zero-order valence-corrected chi connectivity index (χ0v) is 20.4. The van der Waals surface area contributed by atoms with Crippen molar-refractivity contribution >= 4 is 41.5 Å². The highest BCUT2D eigenvalue weighted by molar-refractivity contribution is 14.0. The number of amides is 1. The molecule has 0 aliphatic carbocycles. The molecule has 3 N–H and O–H groups in total. The maximum absolute atomic E-state index is 12.0. The van der Waals surface area contributed by atoms with Crippen molar-refractivity contribution < 1.29 is 13.9 Å². The van der Waals surface area contributed by atoms with Gasteiger partial charge in [-0.15, -0.1) is 24.0 Å². The molecule has 0 aliphatic rings. The Kier molecular flexibility index (Phi) is 11.1. The third kappa shape index (κ3) is 8.62. The summed E-state index contributed by atoms with van der Waals surface area (Å²) >= 11 is 0. The number of aliphatic imine (C=N–C) groups is 1. The van der Waals surface area contributed by atoms with E-state index < -0.39 is 0 Å². The number of hydrogen-bond acceptors (Lipinski definition) is 4. The Labute approximate surface area is 205 Å². The van der Waals surface area contributed by atoms with Crippen molar-refractivity contribution in [1.29, 1.82) is 0 Å². The van der Waals surface area contributed by atoms with E-state index in [0.29, 0.717) is 18.8 Å². The minimum Gasteiger partial charge on any atom is -0.494 e. The SMILES string of the molecule is CCNC(=NCc1ccc(NC(=O)c2ccco2)cc1)NCCCOc1ccccc1.I. The first-order chi connectivity index (χ1) is 15.2. The average molecular weight is 548 g/mol. The number of ether oxygens (including phenoxy) is 1. The molecule has 170 valence electrons. The van der Waals surface area contributed by atoms with E-state index in [1.54, 1.807) is 12.1 Å². The van der Waals surface area contributed by atoms with Gasteiger partial charge in [-0.2, -0.15) is 0 Å². The van der Waals surface area contributed by atoms with Gasteiger partial charge in [0.1, 0.15) is 5.75 Å². The largest absolute Gasteiger partial charge is 0.494 e. The fraction of sp³-hybridized carbons (Fsp3) is 0.250. The van der Waals surface area contributed by atoms with Gasteiger partial charge >= 0.3 is 0 Å². The molecule has 3 aromatic rings. The Balaban J connectivity index is 0.00000363. The predicted molar refractivity (Wildman–Crippen MR) is 138 cm³/mol. The quantitative estimate of drug-likeness (QED) is 0.148. The summed E-state index contributed by atoms with van der Waals surface area (Å²) in [4.78, 5) is 16.6. The summed E-state index contributed by atoms with van der Waals surface area (Å²) in [5.74, 6) is 1.65. The molecule has 0 radical (unpaired) electrons. The van der Waals surface area contributed by atoms with Crippen LogP contribution in [0.4, 0.5) is 5.69 Å². The number of furan rings is 1. The van der Waals surface area contributed by atoms with Crippen LogP contribution < -0.4 is 20.7 Å². The van der Waals surface area contributed by atoms with Gasteiger partial charge in [0.05, 0.1) is 19.4 Å². The monoisotopic (exact) mass is 548 g/mol. The first-order valence-corrected chi connectivity index (χ1v) is 10.4. The summed E-state index contributed by atoms with van der Waals surface area (Å²) in [6, 6.07) is 20.7. The van der Waals surface area contributed by atoms with Crippen LogP contribution in [0.5, 0.6) is 5.75 Å². The minimum absolute atomic E-state index is 0. The van der Waals surface area contributed by atoms with E-state index in [0.717, 1.165) is 36.8 Å². The number of guanidine groups is 1. The van der Waals surface area contributed by atoms with Crippen LogP contribution in [0.15, 0.2) is 82.4 Å². The smallest absolute Gasteiger partial charge is 0.291 e. The molecule has 32 heavy (non-hydrogen) atoms. The Morgan fingerprint density at radius 3 is 2.47 bits per heavy atom. The van der Waals surface area contributed by atoms with Gasteiger partial charge in [-0.3, -0.25) is 4.79 Å². The fourth-order valence-electron chi connectivity index (χ4n) is 2.79. The van der Waals surface area contributed by atoms with Crippen molar-refractivity contribution in [3.05, 3.63) is 84.3 Å². The van der Waals surface area contributed by atoms with E-state index in [9.17, 15) is 4.79 Å². The number of nitrogens with one attached hydrogen (secondary N) is 3. The second-order valence-electron chi connectivity index (χ2n) is 6.77. The number of carbonyl (C=O) groups is 1. The molecule has 1 aromatic heterocycles. The molecule has 7 nitrogen and oxygen atoms in total. The van der Waals surface area contributed by atoms with Gasteiger partial charge in [-0.05, 0) is 55.3 Å². The molecule has 0 atom stereocenters. The van der Waals surface area contributed by atoms with Gasteiger partial charge in [0.2, 0.25) is 0 Å². The van der Waals surface area contributed by atoms with E-state index >= 15 is 0 Å². The molecule has 0 bridgehead atoms. The average Bonchev–Trinajstić information content (AvgIpc) is 3.34. The maximum atomic E-state index is 12.0. The van der Waals surface area contributed by atoms with Crippen LogP contribution in [0.1, 0.15) is 29.5 Å². The number of halogens is 1. The van der Waals surface area contributed by atoms with Crippen LogP contribution in [0.3, 0.4) is 0 Å². The lowest BCUT2D eigenvalue weighted by molar-refractivity contribution is 0.0996. The van der Waals surface area contributed by atoms with Crippen molar-refractivity contribution in [2.24, 2.45) is 4.99 Å². The Bertz CT molecular complexity index is 945. The number of carbonyl (C=O) groups excluding carboxylic acids is 1. The lowest BCUT2D eigenvalue weighted by atomic mass is 10.2. The van der Waals surface area contributed by atoms with Gasteiger partial charge in [0.25, 0.3) is 5.91 Å². The predicted octanol–water partition coefficient (Wildman–Crippen LogP) is 4.67. The summed E-state index contributed by atoms with van der Waals surface area (Å²) in [6.45, 7) is 4.75. The minimum atomic E-state index is -0.273. The standard InChI is InChI=1S/C24H28N4O3.HI/c1-2-25-24(26-15-7-17-30-21-8-4-3-5-9-21)27-18-19-11-13-20(14-12-19)28-23(29)22-10-6-16-31-22;/h3-6,8-14,16H,2,7,15,17-18H2,1H3,(H,28,29)(H2,25,26,27);1H. The molecule has 1 heterocycles. The van der Waals surface area contributed by atoms with E-state index in [4.69, 9.17) is 9.15 Å². The molecule has 0 saturated heterocycles. The van der Waals surface area contributed by atoms with Gasteiger partial charge in [0.15, 0.2) is 11.7 Å². The van der Waals surface area contributed by atoms with E-state index in [2.05, 4.69) is 20.9 Å². The molecule has 0 fully saturated rings. The molecule has 0 spiro atoms. The van der Waals surface area contributed by atoms with Crippen molar-refractivity contribution in [1.82, 2.24) is 10.6 Å². The van der Waals surface area contributed by atoms with Gasteiger partial charge in [-0.25, -0.2) is 4.99 Å². The Morgan fingerprint density at radius 2 is 1.78 bits per heavy atom. The first-order valence-electron chi connectivity index (χ1n) is 10.4. The molecule has 0 aliphatic heterocycles. The summed E-state index contributed by atoms with van der Waals surface area (Å²) in [5.41, 5.74) is 1.75. The summed E-state index contributed by atoms with van der Waals surface area (Å²) < 4.78 is 10.8. The maximum Gasteiger partial charge on any atom is 0.291 e. The summed E-state index contributed by atoms with van der Waals surface area (Å²) in [7, 11) is 0. The van der Waals surface area contributed by atoms with Crippen LogP contribution in [0.25, 0.3) is 0 Å². The Morgan fingerprint density at radius 1 is 1.00 bits per heavy atom. The number of benzene rings is 2. The van der Waals surface area contributed by atoms with E-state index in [1.165, 1.54) is 6.26 Å². The van der Waals surface area contributed by atoms with Gasteiger partial charge in [0, 0.05) is 18.8 Å². The molecule has 2 aromatic carbocycles. The molecule has 8 heteroatoms. The van der Waals surface area contributed by atoms with Crippen LogP contribution in [0, 0.1) is 0 Å². The van der Waals surface area contributed by atoms with Crippen LogP contribution >= 0.6 is 24.0 Å². The van der Waals surface area contributed by atoms with Crippen molar-refractivity contribution in [2.75, 3.05) is 25.0 Å². The normalized spacial score (nSPS) is 10.7. The first kappa shape index (κ1) is 25.3. The highest BCUT2D eigenvalue weighted by Gasteiger charge is 2.08. The fourth-order valence-corrected chi connectivity index (χ4v) is 2.79. The lowest BCUT2D eigenvalue weighted by Crippen LogP contribution is -2.38. The van der Waals surface area contributed by atoms with Crippen molar-refractivity contribution in [3.63, 3.8) is 0 Å². The second kappa shape index (κ2) is 14.1. The number of anilines is 1. The van der Waals surface area contributed by atoms with Gasteiger partial charge < -0.3 is 25.1 Å². The zero-order chi connectivity index (χ0) is 21.7. The van der Waals surface area contributed by atoms with Crippen LogP contribution in [-0.4, -0.2) is 31.6 Å². The lowest BCUT2D eigenvalue weighted by Gasteiger charge is -2.12. The summed E-state index contributed by atoms with van der Waals surface area (Å²) in [5, 5.41) is 9.37. The zero-order valence-electron chi connectivity index (χ0n) is 18.0. The molecule has 3 rings (SSSR count). The van der Waals surface area contributed by atoms with Gasteiger partial charge in [-0.1, -0.05) is 30.3 Å². The highest BCUT2D eigenvalue weighted by Crippen LogP contribution is 2.12. The number of nitrogens with zero attached hydrogens (tertiary/aromatic N) is 1. The molecule has 0 unspecified atom stereocenters. The van der Waals surface area contributed by atoms with E-state index in [1.807, 2.05) is 61.5 Å². The van der Waals surface area contributed by atoms with Crippen molar-refractivity contribution in [2.45, 2.75) is 19.9 Å². The summed E-state index contributed by atoms with van der Waals surface area (Å²) in [6.07, 6.45) is 2.34. The van der Waals surface area contributed by atoms with Crippen LogP contribution in [0.2, 0.25) is 0 Å². The van der Waals surface area contributed by atoms with E-state index in [-0.39, 0.29) is 35.6 Å². The molecule has 1 amide bonds. The third-order valence-corrected chi connectivity index (χ3v) is 4.35. The Hall–Kier alpha value is -3.01. The number of hydrogen-bond donors (Lipinski definition) is 3. The topological polar surface area (TPSA) is 87.9 Å². The van der Waals surface area contributed by atoms with Crippen molar-refractivity contribution in [3.8, 4) is 5.75 Å². The molecular weight excluding hydrogens is 519 g/mol.